The van der Waals surface area contributed by atoms with Crippen LogP contribution in [0.4, 0.5) is 4.39 Å². The molecule has 0 atom stereocenters. The van der Waals surface area contributed by atoms with Crippen molar-refractivity contribution in [3.63, 3.8) is 0 Å². The van der Waals surface area contributed by atoms with Crippen molar-refractivity contribution in [3.8, 4) is 0 Å². The largest absolute Gasteiger partial charge is 0.465 e. The Bertz CT molecular complexity index is 535. The predicted octanol–water partition coefficient (Wildman–Crippen LogP) is 2.75. The second-order valence-corrected chi connectivity index (χ2v) is 3.36. The number of benzene rings is 1. The van der Waals surface area contributed by atoms with Crippen molar-refractivity contribution in [2.24, 2.45) is 0 Å². The highest BCUT2D eigenvalue weighted by Gasteiger charge is 2.16. The Morgan fingerprint density at radius 1 is 1.53 bits per heavy atom. The third kappa shape index (κ3) is 1.47. The average Bonchev–Trinajstić information content (AvgIpc) is 2.61. The SMILES string of the molecule is COC(=O)c1ccc2[nH]cc(F)c2c1Cl. The monoisotopic (exact) mass is 227 g/mol. The summed E-state index contributed by atoms with van der Waals surface area (Å²) in [6, 6.07) is 3.07. The van der Waals surface area contributed by atoms with Gasteiger partial charge in [0.25, 0.3) is 0 Å². The first kappa shape index (κ1) is 9.98. The third-order valence-electron chi connectivity index (χ3n) is 2.14. The maximum Gasteiger partial charge on any atom is 0.339 e. The first-order valence-corrected chi connectivity index (χ1v) is 4.56. The molecule has 0 aliphatic carbocycles. The Labute approximate surface area is 89.8 Å². The third-order valence-corrected chi connectivity index (χ3v) is 2.53. The molecule has 2 rings (SSSR count). The molecule has 0 saturated heterocycles. The van der Waals surface area contributed by atoms with Crippen LogP contribution in [0.5, 0.6) is 0 Å². The lowest BCUT2D eigenvalue weighted by molar-refractivity contribution is 0.0601. The summed E-state index contributed by atoms with van der Waals surface area (Å²) in [4.78, 5) is 14.0. The lowest BCUT2D eigenvalue weighted by Gasteiger charge is -2.02. The molecule has 78 valence electrons. The minimum absolute atomic E-state index is 0.0677. The zero-order valence-corrected chi connectivity index (χ0v) is 8.56. The number of carbonyl (C=O) groups is 1. The van der Waals surface area contributed by atoms with Gasteiger partial charge in [0, 0.05) is 11.7 Å². The van der Waals surface area contributed by atoms with Gasteiger partial charge in [0.15, 0.2) is 0 Å². The number of nitrogens with one attached hydrogen (secondary N) is 1. The summed E-state index contributed by atoms with van der Waals surface area (Å²) < 4.78 is 17.8. The first-order chi connectivity index (χ1) is 7.15. The molecule has 1 aromatic heterocycles. The number of aromatic amines is 1. The van der Waals surface area contributed by atoms with Gasteiger partial charge in [-0.25, -0.2) is 9.18 Å². The van der Waals surface area contributed by atoms with Crippen molar-refractivity contribution in [1.29, 1.82) is 0 Å². The molecule has 0 amide bonds. The smallest absolute Gasteiger partial charge is 0.339 e. The number of hydrogen-bond acceptors (Lipinski definition) is 2. The molecule has 0 radical (unpaired) electrons. The summed E-state index contributed by atoms with van der Waals surface area (Å²) in [5, 5.41) is 0.276. The van der Waals surface area contributed by atoms with Crippen molar-refractivity contribution in [2.45, 2.75) is 0 Å². The summed E-state index contributed by atoms with van der Waals surface area (Å²) in [7, 11) is 1.25. The van der Waals surface area contributed by atoms with E-state index in [1.165, 1.54) is 19.4 Å². The number of fused-ring (bicyclic) bond motifs is 1. The van der Waals surface area contributed by atoms with Crippen LogP contribution < -0.4 is 0 Å². The summed E-state index contributed by atoms with van der Waals surface area (Å²) in [5.74, 6) is -1.07. The van der Waals surface area contributed by atoms with Crippen LogP contribution in [0, 0.1) is 5.82 Å². The van der Waals surface area contributed by atoms with E-state index in [1.54, 1.807) is 6.07 Å². The van der Waals surface area contributed by atoms with E-state index >= 15 is 0 Å². The van der Waals surface area contributed by atoms with Gasteiger partial charge in [-0.1, -0.05) is 11.6 Å². The molecule has 0 spiro atoms. The molecule has 1 N–H and O–H groups in total. The van der Waals surface area contributed by atoms with Gasteiger partial charge in [0.1, 0.15) is 5.82 Å². The van der Waals surface area contributed by atoms with Crippen LogP contribution in [-0.4, -0.2) is 18.1 Å². The molecule has 5 heteroatoms. The molecule has 0 saturated carbocycles. The van der Waals surface area contributed by atoms with Crippen LogP contribution >= 0.6 is 11.6 Å². The van der Waals surface area contributed by atoms with Gasteiger partial charge in [0.2, 0.25) is 0 Å². The van der Waals surface area contributed by atoms with Crippen LogP contribution in [0.1, 0.15) is 10.4 Å². The molecular weight excluding hydrogens is 221 g/mol. The van der Waals surface area contributed by atoms with E-state index in [4.69, 9.17) is 11.6 Å². The summed E-state index contributed by atoms with van der Waals surface area (Å²) in [5.41, 5.74) is 0.704. The summed E-state index contributed by atoms with van der Waals surface area (Å²) in [6.07, 6.45) is 1.19. The molecule has 1 aromatic carbocycles. The number of aromatic nitrogens is 1. The Kier molecular flexibility index (Phi) is 2.36. The predicted molar refractivity (Wildman–Crippen MR) is 54.6 cm³/mol. The number of rotatable bonds is 1. The van der Waals surface area contributed by atoms with Crippen LogP contribution in [0.25, 0.3) is 10.9 Å². The molecule has 15 heavy (non-hydrogen) atoms. The van der Waals surface area contributed by atoms with Crippen LogP contribution in [0.2, 0.25) is 5.02 Å². The zero-order valence-electron chi connectivity index (χ0n) is 7.80. The van der Waals surface area contributed by atoms with E-state index in [1.807, 2.05) is 0 Å². The molecule has 0 aliphatic heterocycles. The number of H-pyrrole nitrogens is 1. The minimum Gasteiger partial charge on any atom is -0.465 e. The van der Waals surface area contributed by atoms with E-state index in [9.17, 15) is 9.18 Å². The number of esters is 1. The minimum atomic E-state index is -0.581. The van der Waals surface area contributed by atoms with Gasteiger partial charge < -0.3 is 9.72 Å². The van der Waals surface area contributed by atoms with E-state index in [0.29, 0.717) is 5.52 Å². The normalized spacial score (nSPS) is 10.6. The van der Waals surface area contributed by atoms with E-state index in [-0.39, 0.29) is 16.0 Å². The highest BCUT2D eigenvalue weighted by molar-refractivity contribution is 6.38. The molecule has 0 aliphatic rings. The maximum atomic E-state index is 13.3. The first-order valence-electron chi connectivity index (χ1n) is 4.18. The number of ether oxygens (including phenoxy) is 1. The molecule has 0 fully saturated rings. The average molecular weight is 228 g/mol. The molecule has 2 aromatic rings. The van der Waals surface area contributed by atoms with Crippen LogP contribution in [0.15, 0.2) is 18.3 Å². The zero-order chi connectivity index (χ0) is 11.0. The highest BCUT2D eigenvalue weighted by atomic mass is 35.5. The maximum absolute atomic E-state index is 13.3. The number of halogens is 2. The summed E-state index contributed by atoms with van der Waals surface area (Å²) >= 11 is 5.90. The fourth-order valence-corrected chi connectivity index (χ4v) is 1.74. The van der Waals surface area contributed by atoms with Crippen molar-refractivity contribution in [3.05, 3.63) is 34.7 Å². The van der Waals surface area contributed by atoms with E-state index in [2.05, 4.69) is 9.72 Å². The molecule has 1 heterocycles. The van der Waals surface area contributed by atoms with E-state index in [0.717, 1.165) is 0 Å². The number of methoxy groups -OCH3 is 1. The second-order valence-electron chi connectivity index (χ2n) is 2.98. The highest BCUT2D eigenvalue weighted by Crippen LogP contribution is 2.29. The van der Waals surface area contributed by atoms with Crippen molar-refractivity contribution >= 4 is 28.5 Å². The fourth-order valence-electron chi connectivity index (χ4n) is 1.41. The Balaban J connectivity index is 2.74. The lowest BCUT2D eigenvalue weighted by atomic mass is 10.1. The Hall–Kier alpha value is -1.55. The van der Waals surface area contributed by atoms with Crippen molar-refractivity contribution in [2.75, 3.05) is 7.11 Å². The molecule has 0 bridgehead atoms. The quantitative estimate of drug-likeness (QED) is 0.762. The van der Waals surface area contributed by atoms with E-state index < -0.39 is 11.8 Å². The van der Waals surface area contributed by atoms with Crippen LogP contribution in [0.3, 0.4) is 0 Å². The van der Waals surface area contributed by atoms with Crippen LogP contribution in [-0.2, 0) is 4.74 Å². The lowest BCUT2D eigenvalue weighted by Crippen LogP contribution is -2.02. The number of carbonyl (C=O) groups excluding carboxylic acids is 1. The Morgan fingerprint density at radius 2 is 2.27 bits per heavy atom. The van der Waals surface area contributed by atoms with Gasteiger partial charge in [-0.3, -0.25) is 0 Å². The molecular formula is C10H7ClFNO2. The van der Waals surface area contributed by atoms with Gasteiger partial charge in [-0.2, -0.15) is 0 Å². The molecule has 3 nitrogen and oxygen atoms in total. The summed E-state index contributed by atoms with van der Waals surface area (Å²) in [6.45, 7) is 0. The van der Waals surface area contributed by atoms with Gasteiger partial charge >= 0.3 is 5.97 Å². The van der Waals surface area contributed by atoms with Crippen molar-refractivity contribution in [1.82, 2.24) is 4.98 Å². The topological polar surface area (TPSA) is 42.1 Å². The Morgan fingerprint density at radius 3 is 2.93 bits per heavy atom. The van der Waals surface area contributed by atoms with Gasteiger partial charge in [0.05, 0.1) is 23.1 Å². The number of hydrogen-bond donors (Lipinski definition) is 1. The van der Waals surface area contributed by atoms with Crippen molar-refractivity contribution < 1.29 is 13.9 Å². The standard InChI is InChI=1S/C10H7ClFNO2/c1-15-10(14)5-2-3-7-8(9(5)11)6(12)4-13-7/h2-4,13H,1H3. The van der Waals surface area contributed by atoms with Gasteiger partial charge in [-0.05, 0) is 12.1 Å². The second kappa shape index (κ2) is 3.55. The fraction of sp³-hybridized carbons (Fsp3) is 0.100. The van der Waals surface area contributed by atoms with Gasteiger partial charge in [-0.15, -0.1) is 0 Å². The molecule has 0 unspecified atom stereocenters.